The minimum absolute atomic E-state index is 0.266. The van der Waals surface area contributed by atoms with E-state index in [0.29, 0.717) is 6.42 Å². The molecule has 0 spiro atoms. The van der Waals surface area contributed by atoms with E-state index in [2.05, 4.69) is 5.32 Å². The van der Waals surface area contributed by atoms with Crippen molar-refractivity contribution in [2.75, 3.05) is 19.9 Å². The zero-order chi connectivity index (χ0) is 12.7. The summed E-state index contributed by atoms with van der Waals surface area (Å²) in [6, 6.07) is 7.56. The van der Waals surface area contributed by atoms with Gasteiger partial charge in [-0.05, 0) is 25.6 Å². The number of rotatable bonds is 7. The Morgan fingerprint density at radius 2 is 2.24 bits per heavy atom. The number of para-hydroxylation sites is 1. The van der Waals surface area contributed by atoms with Crippen molar-refractivity contribution in [2.24, 2.45) is 5.73 Å². The molecule has 0 fully saturated rings. The lowest BCUT2D eigenvalue weighted by Gasteiger charge is -2.12. The van der Waals surface area contributed by atoms with Crippen molar-refractivity contribution in [2.45, 2.75) is 17.4 Å². The molecule has 1 rings (SSSR count). The standard InChI is InChI=1S/C12H18N2O2S/c1-14-9(12(13)15)7-8-17-11-6-4-3-5-10(11)16-2/h3-6,9,14H,7-8H2,1-2H3,(H2,13,15). The molecule has 0 radical (unpaired) electrons. The largest absolute Gasteiger partial charge is 0.496 e. The second-order valence-electron chi connectivity index (χ2n) is 3.53. The van der Waals surface area contributed by atoms with Gasteiger partial charge >= 0.3 is 0 Å². The zero-order valence-electron chi connectivity index (χ0n) is 10.1. The minimum atomic E-state index is -0.312. The van der Waals surface area contributed by atoms with Crippen molar-refractivity contribution in [3.05, 3.63) is 24.3 Å². The lowest BCUT2D eigenvalue weighted by molar-refractivity contribution is -0.119. The number of nitrogens with two attached hydrogens (primary N) is 1. The Morgan fingerprint density at radius 3 is 2.82 bits per heavy atom. The number of hydrogen-bond donors (Lipinski definition) is 2. The van der Waals surface area contributed by atoms with E-state index in [1.54, 1.807) is 25.9 Å². The molecule has 0 saturated carbocycles. The molecule has 3 N–H and O–H groups in total. The van der Waals surface area contributed by atoms with E-state index in [1.165, 1.54) is 0 Å². The van der Waals surface area contributed by atoms with Gasteiger partial charge in [-0.1, -0.05) is 12.1 Å². The second kappa shape index (κ2) is 7.19. The quantitative estimate of drug-likeness (QED) is 0.719. The van der Waals surface area contributed by atoms with Crippen molar-refractivity contribution in [1.29, 1.82) is 0 Å². The Bertz CT molecular complexity index is 371. The van der Waals surface area contributed by atoms with E-state index in [9.17, 15) is 4.79 Å². The molecule has 1 unspecified atom stereocenters. The maximum Gasteiger partial charge on any atom is 0.234 e. The summed E-state index contributed by atoms with van der Waals surface area (Å²) in [4.78, 5) is 12.1. The fourth-order valence-corrected chi connectivity index (χ4v) is 2.50. The monoisotopic (exact) mass is 254 g/mol. The number of carbonyl (C=O) groups is 1. The number of thioether (sulfide) groups is 1. The van der Waals surface area contributed by atoms with Gasteiger partial charge < -0.3 is 15.8 Å². The summed E-state index contributed by atoms with van der Waals surface area (Å²) in [5.74, 6) is 1.36. The number of methoxy groups -OCH3 is 1. The number of amides is 1. The molecule has 17 heavy (non-hydrogen) atoms. The molecular formula is C12H18N2O2S. The van der Waals surface area contributed by atoms with Crippen molar-refractivity contribution < 1.29 is 9.53 Å². The van der Waals surface area contributed by atoms with E-state index in [-0.39, 0.29) is 11.9 Å². The first-order valence-electron chi connectivity index (χ1n) is 5.41. The van der Waals surface area contributed by atoms with Crippen LogP contribution in [0.5, 0.6) is 5.75 Å². The number of likely N-dealkylation sites (N-methyl/N-ethyl adjacent to an activating group) is 1. The summed E-state index contributed by atoms with van der Waals surface area (Å²) in [5, 5.41) is 2.90. The van der Waals surface area contributed by atoms with Gasteiger partial charge in [0.05, 0.1) is 13.2 Å². The lowest BCUT2D eigenvalue weighted by Crippen LogP contribution is -2.39. The number of benzene rings is 1. The predicted molar refractivity (Wildman–Crippen MR) is 70.4 cm³/mol. The Morgan fingerprint density at radius 1 is 1.53 bits per heavy atom. The molecule has 1 aromatic carbocycles. The molecule has 0 saturated heterocycles. The average molecular weight is 254 g/mol. The number of hydrogen-bond acceptors (Lipinski definition) is 4. The molecule has 0 heterocycles. The summed E-state index contributed by atoms with van der Waals surface area (Å²) in [6.45, 7) is 0. The van der Waals surface area contributed by atoms with Crippen molar-refractivity contribution in [1.82, 2.24) is 5.32 Å². The molecule has 1 amide bonds. The fraction of sp³-hybridized carbons (Fsp3) is 0.417. The number of primary amides is 1. The minimum Gasteiger partial charge on any atom is -0.496 e. The van der Waals surface area contributed by atoms with Crippen molar-refractivity contribution in [3.8, 4) is 5.75 Å². The highest BCUT2D eigenvalue weighted by Gasteiger charge is 2.12. The predicted octanol–water partition coefficient (Wildman–Crippen LogP) is 1.25. The second-order valence-corrected chi connectivity index (χ2v) is 4.67. The molecule has 0 bridgehead atoms. The molecule has 5 heteroatoms. The molecule has 0 aliphatic rings. The third-order valence-corrected chi connectivity index (χ3v) is 3.51. The van der Waals surface area contributed by atoms with Crippen LogP contribution in [0.4, 0.5) is 0 Å². The summed E-state index contributed by atoms with van der Waals surface area (Å²) in [6.07, 6.45) is 0.703. The highest BCUT2D eigenvalue weighted by Crippen LogP contribution is 2.29. The van der Waals surface area contributed by atoms with Crippen LogP contribution in [0.3, 0.4) is 0 Å². The average Bonchev–Trinajstić information content (AvgIpc) is 2.34. The van der Waals surface area contributed by atoms with Crippen LogP contribution in [0.15, 0.2) is 29.2 Å². The van der Waals surface area contributed by atoms with E-state index in [1.807, 2.05) is 24.3 Å². The lowest BCUT2D eigenvalue weighted by atomic mass is 10.2. The summed E-state index contributed by atoms with van der Waals surface area (Å²) >= 11 is 1.66. The van der Waals surface area contributed by atoms with E-state index in [0.717, 1.165) is 16.4 Å². The van der Waals surface area contributed by atoms with Gasteiger partial charge in [-0.2, -0.15) is 0 Å². The van der Waals surface area contributed by atoms with Crippen LogP contribution in [0.25, 0.3) is 0 Å². The first kappa shape index (κ1) is 13.9. The maximum absolute atomic E-state index is 11.0. The van der Waals surface area contributed by atoms with Crippen LogP contribution in [0.2, 0.25) is 0 Å². The number of ether oxygens (including phenoxy) is 1. The van der Waals surface area contributed by atoms with E-state index in [4.69, 9.17) is 10.5 Å². The topological polar surface area (TPSA) is 64.3 Å². The highest BCUT2D eigenvalue weighted by atomic mass is 32.2. The Balaban J connectivity index is 2.47. The van der Waals surface area contributed by atoms with Crippen molar-refractivity contribution in [3.63, 3.8) is 0 Å². The maximum atomic E-state index is 11.0. The first-order valence-corrected chi connectivity index (χ1v) is 6.40. The zero-order valence-corrected chi connectivity index (χ0v) is 10.9. The van der Waals surface area contributed by atoms with Gasteiger partial charge in [0.2, 0.25) is 5.91 Å². The smallest absolute Gasteiger partial charge is 0.234 e. The van der Waals surface area contributed by atoms with Crippen LogP contribution in [0, 0.1) is 0 Å². The summed E-state index contributed by atoms with van der Waals surface area (Å²) in [7, 11) is 3.39. The van der Waals surface area contributed by atoms with Gasteiger partial charge in [0.25, 0.3) is 0 Å². The first-order chi connectivity index (χ1) is 8.19. The van der Waals surface area contributed by atoms with Gasteiger partial charge in [-0.3, -0.25) is 4.79 Å². The Hall–Kier alpha value is -1.20. The molecule has 0 aliphatic heterocycles. The molecule has 1 atom stereocenters. The molecule has 0 aliphatic carbocycles. The third kappa shape index (κ3) is 4.28. The Kier molecular flexibility index (Phi) is 5.86. The molecule has 94 valence electrons. The molecule has 4 nitrogen and oxygen atoms in total. The van der Waals surface area contributed by atoms with Crippen LogP contribution in [0.1, 0.15) is 6.42 Å². The summed E-state index contributed by atoms with van der Waals surface area (Å²) in [5.41, 5.74) is 5.25. The third-order valence-electron chi connectivity index (χ3n) is 2.43. The van der Waals surface area contributed by atoms with Gasteiger partial charge in [-0.15, -0.1) is 11.8 Å². The van der Waals surface area contributed by atoms with Crippen LogP contribution >= 0.6 is 11.8 Å². The number of nitrogens with one attached hydrogen (secondary N) is 1. The summed E-state index contributed by atoms with van der Waals surface area (Å²) < 4.78 is 5.25. The molecule has 0 aromatic heterocycles. The van der Waals surface area contributed by atoms with Crippen LogP contribution in [-0.4, -0.2) is 31.9 Å². The normalized spacial score (nSPS) is 12.1. The van der Waals surface area contributed by atoms with Gasteiger partial charge in [0, 0.05) is 10.6 Å². The van der Waals surface area contributed by atoms with Gasteiger partial charge in [-0.25, -0.2) is 0 Å². The highest BCUT2D eigenvalue weighted by molar-refractivity contribution is 7.99. The van der Waals surface area contributed by atoms with Gasteiger partial charge in [0.15, 0.2) is 0 Å². The number of carbonyl (C=O) groups excluding carboxylic acids is 1. The van der Waals surface area contributed by atoms with Crippen molar-refractivity contribution >= 4 is 17.7 Å². The molecular weight excluding hydrogens is 236 g/mol. The van der Waals surface area contributed by atoms with E-state index >= 15 is 0 Å². The SMILES string of the molecule is CNC(CCSc1ccccc1OC)C(N)=O. The van der Waals surface area contributed by atoms with Crippen LogP contribution < -0.4 is 15.8 Å². The fourth-order valence-electron chi connectivity index (χ4n) is 1.45. The van der Waals surface area contributed by atoms with Crippen LogP contribution in [-0.2, 0) is 4.79 Å². The van der Waals surface area contributed by atoms with Gasteiger partial charge in [0.1, 0.15) is 5.75 Å². The molecule has 1 aromatic rings. The van der Waals surface area contributed by atoms with E-state index < -0.39 is 0 Å². The Labute approximate surface area is 106 Å².